The molecule has 4 rings (SSSR count). The number of aromatic nitrogens is 2. The maximum Gasteiger partial charge on any atom is 0.129 e. The zero-order valence-corrected chi connectivity index (χ0v) is 11.4. The van der Waals surface area contributed by atoms with E-state index in [1.54, 1.807) is 0 Å². The van der Waals surface area contributed by atoms with Gasteiger partial charge in [0.05, 0.1) is 11.7 Å². The predicted octanol–water partition coefficient (Wildman–Crippen LogP) is 2.93. The molecule has 0 saturated carbocycles. The van der Waals surface area contributed by atoms with Crippen LogP contribution in [0.4, 0.5) is 11.6 Å². The Labute approximate surface area is 118 Å². The Bertz CT molecular complexity index is 638. The molecule has 4 nitrogen and oxygen atoms in total. The van der Waals surface area contributed by atoms with E-state index in [0.29, 0.717) is 0 Å². The molecule has 0 aliphatic carbocycles. The van der Waals surface area contributed by atoms with E-state index in [9.17, 15) is 0 Å². The zero-order chi connectivity index (χ0) is 13.4. The van der Waals surface area contributed by atoms with E-state index in [0.717, 1.165) is 43.1 Å². The summed E-state index contributed by atoms with van der Waals surface area (Å²) in [4.78, 5) is 9.24. The van der Waals surface area contributed by atoms with Gasteiger partial charge in [-0.15, -0.1) is 0 Å². The Balaban J connectivity index is 1.63. The molecule has 0 fully saturated rings. The molecule has 1 atom stereocenters. The van der Waals surface area contributed by atoms with Crippen molar-refractivity contribution < 1.29 is 0 Å². The largest absolute Gasteiger partial charge is 0.370 e. The van der Waals surface area contributed by atoms with Gasteiger partial charge in [0, 0.05) is 12.7 Å². The molecule has 0 bridgehead atoms. The number of nitrogens with one attached hydrogen (secondary N) is 2. The minimum Gasteiger partial charge on any atom is -0.370 e. The lowest BCUT2D eigenvalue weighted by atomic mass is 9.97. The van der Waals surface area contributed by atoms with E-state index in [2.05, 4.69) is 33.8 Å². The number of aryl methyl sites for hydroxylation is 2. The van der Waals surface area contributed by atoms with E-state index >= 15 is 0 Å². The van der Waals surface area contributed by atoms with Gasteiger partial charge >= 0.3 is 0 Å². The van der Waals surface area contributed by atoms with Gasteiger partial charge in [-0.3, -0.25) is 0 Å². The second-order valence-electron chi connectivity index (χ2n) is 5.52. The van der Waals surface area contributed by atoms with Crippen molar-refractivity contribution in [3.8, 4) is 0 Å². The molecule has 0 saturated heterocycles. The third-order valence-corrected chi connectivity index (χ3v) is 4.18. The summed E-state index contributed by atoms with van der Waals surface area (Å²) in [5, 5.41) is 6.93. The second kappa shape index (κ2) is 4.78. The molecule has 2 aromatic heterocycles. The zero-order valence-electron chi connectivity index (χ0n) is 11.4. The highest BCUT2D eigenvalue weighted by atomic mass is 15.1. The minimum atomic E-state index is 0.270. The van der Waals surface area contributed by atoms with Crippen molar-refractivity contribution in [2.75, 3.05) is 17.2 Å². The maximum absolute atomic E-state index is 4.81. The monoisotopic (exact) mass is 266 g/mol. The van der Waals surface area contributed by atoms with Crippen LogP contribution in [0, 0.1) is 0 Å². The van der Waals surface area contributed by atoms with E-state index < -0.39 is 0 Å². The summed E-state index contributed by atoms with van der Waals surface area (Å²) in [7, 11) is 0. The smallest absolute Gasteiger partial charge is 0.129 e. The van der Waals surface area contributed by atoms with Crippen molar-refractivity contribution in [1.29, 1.82) is 0 Å². The van der Waals surface area contributed by atoms with Gasteiger partial charge in [0.25, 0.3) is 0 Å². The van der Waals surface area contributed by atoms with Crippen LogP contribution in [0.2, 0.25) is 0 Å². The first-order chi connectivity index (χ1) is 9.90. The van der Waals surface area contributed by atoms with Gasteiger partial charge in [-0.05, 0) is 48.9 Å². The average molecular weight is 266 g/mol. The first-order valence-electron chi connectivity index (χ1n) is 7.34. The molecule has 0 spiro atoms. The quantitative estimate of drug-likeness (QED) is 0.833. The first kappa shape index (κ1) is 11.7. The fraction of sp³-hybridized carbons (Fsp3) is 0.375. The number of nitrogens with zero attached hydrogens (tertiary/aromatic N) is 2. The fourth-order valence-corrected chi connectivity index (χ4v) is 3.07. The van der Waals surface area contributed by atoms with Gasteiger partial charge in [0.2, 0.25) is 0 Å². The van der Waals surface area contributed by atoms with Crippen LogP contribution in [0.25, 0.3) is 0 Å². The lowest BCUT2D eigenvalue weighted by Crippen LogP contribution is -2.21. The predicted molar refractivity (Wildman–Crippen MR) is 80.0 cm³/mol. The summed E-state index contributed by atoms with van der Waals surface area (Å²) >= 11 is 0. The van der Waals surface area contributed by atoms with Crippen LogP contribution in [0.1, 0.15) is 35.7 Å². The Morgan fingerprint density at radius 3 is 3.00 bits per heavy atom. The lowest BCUT2D eigenvalue weighted by molar-refractivity contribution is 0.642. The number of fused-ring (bicyclic) bond motifs is 2. The standard InChI is InChI=1S/C16H18N4/c1-3-11-5-7-13(19-15(11)17-9-1)14-8-6-12-4-2-10-18-16(12)20-14/h1,3,6,8-9,13H,2,4-5,7,10H2,(H,17,19)(H,18,20). The van der Waals surface area contributed by atoms with Gasteiger partial charge < -0.3 is 10.6 Å². The highest BCUT2D eigenvalue weighted by Crippen LogP contribution is 2.31. The summed E-state index contributed by atoms with van der Waals surface area (Å²) < 4.78 is 0. The van der Waals surface area contributed by atoms with Gasteiger partial charge in [-0.1, -0.05) is 12.1 Å². The Morgan fingerprint density at radius 1 is 1.05 bits per heavy atom. The molecule has 0 amide bonds. The molecule has 4 heterocycles. The van der Waals surface area contributed by atoms with E-state index in [1.807, 2.05) is 12.3 Å². The van der Waals surface area contributed by atoms with Crippen molar-refractivity contribution in [3.63, 3.8) is 0 Å². The molecular weight excluding hydrogens is 248 g/mol. The number of rotatable bonds is 1. The highest BCUT2D eigenvalue weighted by molar-refractivity contribution is 5.51. The van der Waals surface area contributed by atoms with Crippen LogP contribution in [-0.4, -0.2) is 16.5 Å². The number of hydrogen-bond acceptors (Lipinski definition) is 4. The van der Waals surface area contributed by atoms with Crippen LogP contribution in [0.15, 0.2) is 30.5 Å². The molecule has 20 heavy (non-hydrogen) atoms. The SMILES string of the molecule is c1cnc2c(c1)CCC(c1ccc3c(n1)NCCC3)N2. The molecule has 0 aromatic carbocycles. The summed E-state index contributed by atoms with van der Waals surface area (Å²) in [6.07, 6.45) is 6.32. The van der Waals surface area contributed by atoms with Crippen molar-refractivity contribution in [3.05, 3.63) is 47.3 Å². The second-order valence-corrected chi connectivity index (χ2v) is 5.52. The third kappa shape index (κ3) is 2.01. The normalized spacial score (nSPS) is 20.3. The van der Waals surface area contributed by atoms with E-state index in [4.69, 9.17) is 4.98 Å². The molecule has 102 valence electrons. The molecule has 2 N–H and O–H groups in total. The lowest BCUT2D eigenvalue weighted by Gasteiger charge is -2.27. The maximum atomic E-state index is 4.81. The van der Waals surface area contributed by atoms with Gasteiger partial charge in [0.15, 0.2) is 0 Å². The summed E-state index contributed by atoms with van der Waals surface area (Å²) in [6.45, 7) is 1.03. The van der Waals surface area contributed by atoms with Crippen molar-refractivity contribution >= 4 is 11.6 Å². The van der Waals surface area contributed by atoms with Crippen molar-refractivity contribution in [1.82, 2.24) is 9.97 Å². The van der Waals surface area contributed by atoms with E-state index in [-0.39, 0.29) is 6.04 Å². The van der Waals surface area contributed by atoms with Gasteiger partial charge in [-0.2, -0.15) is 0 Å². The summed E-state index contributed by atoms with van der Waals surface area (Å²) in [5.74, 6) is 2.08. The molecule has 0 radical (unpaired) electrons. The molecule has 1 unspecified atom stereocenters. The molecular formula is C16H18N4. The van der Waals surface area contributed by atoms with Gasteiger partial charge in [0.1, 0.15) is 11.6 Å². The number of anilines is 2. The third-order valence-electron chi connectivity index (χ3n) is 4.18. The van der Waals surface area contributed by atoms with Crippen LogP contribution in [0.5, 0.6) is 0 Å². The highest BCUT2D eigenvalue weighted by Gasteiger charge is 2.22. The molecule has 2 aliphatic rings. The first-order valence-corrected chi connectivity index (χ1v) is 7.34. The Kier molecular flexibility index (Phi) is 2.80. The van der Waals surface area contributed by atoms with Crippen LogP contribution in [0.3, 0.4) is 0 Å². The van der Waals surface area contributed by atoms with Gasteiger partial charge in [-0.25, -0.2) is 9.97 Å². The van der Waals surface area contributed by atoms with Crippen LogP contribution in [-0.2, 0) is 12.8 Å². The fourth-order valence-electron chi connectivity index (χ4n) is 3.07. The van der Waals surface area contributed by atoms with Crippen molar-refractivity contribution in [2.24, 2.45) is 0 Å². The summed E-state index contributed by atoms with van der Waals surface area (Å²) in [5.41, 5.74) is 3.77. The van der Waals surface area contributed by atoms with Crippen molar-refractivity contribution in [2.45, 2.75) is 31.7 Å². The summed E-state index contributed by atoms with van der Waals surface area (Å²) in [6, 6.07) is 8.80. The Morgan fingerprint density at radius 2 is 2.00 bits per heavy atom. The minimum absolute atomic E-state index is 0.270. The molecule has 4 heteroatoms. The van der Waals surface area contributed by atoms with E-state index in [1.165, 1.54) is 17.5 Å². The topological polar surface area (TPSA) is 49.8 Å². The average Bonchev–Trinajstić information content (AvgIpc) is 2.54. The van der Waals surface area contributed by atoms with Crippen LogP contribution < -0.4 is 10.6 Å². The Hall–Kier alpha value is -2.10. The number of pyridine rings is 2. The molecule has 2 aromatic rings. The van der Waals surface area contributed by atoms with Crippen LogP contribution >= 0.6 is 0 Å². The number of hydrogen-bond donors (Lipinski definition) is 2. The molecule has 2 aliphatic heterocycles.